The fraction of sp³-hybridized carbons (Fsp3) is 0.312. The third-order valence-electron chi connectivity index (χ3n) is 3.78. The summed E-state index contributed by atoms with van der Waals surface area (Å²) >= 11 is 0. The Labute approximate surface area is 148 Å². The second kappa shape index (κ2) is 8.36. The molecule has 0 saturated heterocycles. The minimum atomic E-state index is -0.0406. The van der Waals surface area contributed by atoms with E-state index in [4.69, 9.17) is 10.2 Å². The number of carbonyl (C=O) groups excluding carboxylic acids is 1. The topological polar surface area (TPSA) is 62.7 Å². The van der Waals surface area contributed by atoms with E-state index < -0.39 is 0 Å². The highest BCUT2D eigenvalue weighted by molar-refractivity contribution is 6.06. The van der Waals surface area contributed by atoms with Crippen molar-refractivity contribution in [3.8, 4) is 0 Å². The van der Waals surface area contributed by atoms with Gasteiger partial charge in [-0.15, -0.1) is 24.8 Å². The first-order valence-electron chi connectivity index (χ1n) is 7.05. The predicted molar refractivity (Wildman–Crippen MR) is 95.5 cm³/mol. The van der Waals surface area contributed by atoms with Crippen LogP contribution in [-0.4, -0.2) is 30.9 Å². The quantitative estimate of drug-likeness (QED) is 0.897. The molecule has 3 rings (SSSR count). The Morgan fingerprint density at radius 2 is 2.00 bits per heavy atom. The Morgan fingerprint density at radius 3 is 2.70 bits per heavy atom. The lowest BCUT2D eigenvalue weighted by Gasteiger charge is -2.21. The molecule has 23 heavy (non-hydrogen) atoms. The molecule has 1 aromatic heterocycles. The molecule has 126 valence electrons. The van der Waals surface area contributed by atoms with Crippen LogP contribution in [0.4, 0.5) is 5.69 Å². The van der Waals surface area contributed by atoms with Crippen LogP contribution in [0.2, 0.25) is 0 Å². The fourth-order valence-corrected chi connectivity index (χ4v) is 2.64. The SMILES string of the molecule is CN1CCN(C(=O)c2coc(CN)c2)c2ccccc2C1.Cl.Cl. The number of halogens is 2. The molecule has 2 aromatic rings. The van der Waals surface area contributed by atoms with Crippen molar-refractivity contribution in [1.29, 1.82) is 0 Å². The van der Waals surface area contributed by atoms with E-state index in [9.17, 15) is 4.79 Å². The third-order valence-corrected chi connectivity index (χ3v) is 3.78. The van der Waals surface area contributed by atoms with Gasteiger partial charge in [-0.05, 0) is 24.7 Å². The second-order valence-electron chi connectivity index (χ2n) is 5.33. The third kappa shape index (κ3) is 4.06. The minimum absolute atomic E-state index is 0. The Bertz CT molecular complexity index is 660. The summed E-state index contributed by atoms with van der Waals surface area (Å²) in [6, 6.07) is 9.75. The van der Waals surface area contributed by atoms with Crippen LogP contribution < -0.4 is 10.6 Å². The van der Waals surface area contributed by atoms with Crippen molar-refractivity contribution in [3.63, 3.8) is 0 Å². The molecular formula is C16H21Cl2N3O2. The smallest absolute Gasteiger partial charge is 0.261 e. The largest absolute Gasteiger partial charge is 0.467 e. The zero-order chi connectivity index (χ0) is 14.8. The van der Waals surface area contributed by atoms with Crippen LogP contribution in [0.1, 0.15) is 21.7 Å². The molecule has 1 aliphatic rings. The molecule has 2 N–H and O–H groups in total. The summed E-state index contributed by atoms with van der Waals surface area (Å²) in [4.78, 5) is 16.8. The van der Waals surface area contributed by atoms with Crippen LogP contribution in [0.25, 0.3) is 0 Å². The molecule has 0 fully saturated rings. The Morgan fingerprint density at radius 1 is 1.26 bits per heavy atom. The van der Waals surface area contributed by atoms with E-state index in [0.717, 1.165) is 24.3 Å². The van der Waals surface area contributed by atoms with Gasteiger partial charge in [0.25, 0.3) is 5.91 Å². The van der Waals surface area contributed by atoms with Crippen molar-refractivity contribution in [1.82, 2.24) is 4.90 Å². The van der Waals surface area contributed by atoms with E-state index >= 15 is 0 Å². The number of benzene rings is 1. The average Bonchev–Trinajstić information content (AvgIpc) is 2.91. The number of rotatable bonds is 2. The molecule has 0 saturated carbocycles. The van der Waals surface area contributed by atoms with Gasteiger partial charge in [0.2, 0.25) is 0 Å². The summed E-state index contributed by atoms with van der Waals surface area (Å²) in [5, 5.41) is 0. The first-order chi connectivity index (χ1) is 10.2. The number of fused-ring (bicyclic) bond motifs is 1. The molecule has 1 aromatic carbocycles. The van der Waals surface area contributed by atoms with Crippen LogP contribution in [-0.2, 0) is 13.1 Å². The van der Waals surface area contributed by atoms with Crippen LogP contribution in [0.5, 0.6) is 0 Å². The minimum Gasteiger partial charge on any atom is -0.467 e. The first kappa shape index (κ1) is 19.5. The molecule has 0 atom stereocenters. The van der Waals surface area contributed by atoms with E-state index in [1.807, 2.05) is 23.1 Å². The van der Waals surface area contributed by atoms with Crippen molar-refractivity contribution in [2.75, 3.05) is 25.0 Å². The number of para-hydroxylation sites is 1. The van der Waals surface area contributed by atoms with Crippen LogP contribution in [0.3, 0.4) is 0 Å². The number of nitrogens with two attached hydrogens (primary N) is 1. The van der Waals surface area contributed by atoms with Crippen molar-refractivity contribution in [2.45, 2.75) is 13.1 Å². The standard InChI is InChI=1S/C16H19N3O2.2ClH/c1-18-6-7-19(15-5-3-2-4-12(15)10-18)16(20)13-8-14(9-17)21-11-13;;/h2-5,8,11H,6-7,9-10,17H2,1H3;2*1H. The van der Waals surface area contributed by atoms with Crippen LogP contribution in [0, 0.1) is 0 Å². The van der Waals surface area contributed by atoms with Gasteiger partial charge in [0.05, 0.1) is 12.1 Å². The van der Waals surface area contributed by atoms with Crippen molar-refractivity contribution < 1.29 is 9.21 Å². The van der Waals surface area contributed by atoms with Gasteiger partial charge in [-0.2, -0.15) is 0 Å². The number of hydrogen-bond acceptors (Lipinski definition) is 4. The van der Waals surface area contributed by atoms with Gasteiger partial charge in [0.15, 0.2) is 0 Å². The second-order valence-corrected chi connectivity index (χ2v) is 5.33. The van der Waals surface area contributed by atoms with Crippen LogP contribution >= 0.6 is 24.8 Å². The van der Waals surface area contributed by atoms with Gasteiger partial charge in [0.1, 0.15) is 12.0 Å². The fourth-order valence-electron chi connectivity index (χ4n) is 2.64. The van der Waals surface area contributed by atoms with Crippen molar-refractivity contribution in [2.24, 2.45) is 5.73 Å². The number of anilines is 1. The molecule has 0 bridgehead atoms. The predicted octanol–water partition coefficient (Wildman–Crippen LogP) is 2.67. The first-order valence-corrected chi connectivity index (χ1v) is 7.05. The highest BCUT2D eigenvalue weighted by atomic mass is 35.5. The number of furan rings is 1. The van der Waals surface area contributed by atoms with Gasteiger partial charge in [-0.25, -0.2) is 0 Å². The Hall–Kier alpha value is -1.53. The van der Waals surface area contributed by atoms with Gasteiger partial charge in [0, 0.05) is 25.3 Å². The molecule has 7 heteroatoms. The monoisotopic (exact) mass is 357 g/mol. The lowest BCUT2D eigenvalue weighted by molar-refractivity contribution is 0.0985. The number of amides is 1. The molecule has 1 aliphatic heterocycles. The molecule has 2 heterocycles. The molecule has 0 aliphatic carbocycles. The van der Waals surface area contributed by atoms with Gasteiger partial charge < -0.3 is 20.0 Å². The van der Waals surface area contributed by atoms with E-state index in [2.05, 4.69) is 18.0 Å². The molecule has 5 nitrogen and oxygen atoms in total. The summed E-state index contributed by atoms with van der Waals surface area (Å²) in [6.45, 7) is 2.64. The summed E-state index contributed by atoms with van der Waals surface area (Å²) in [7, 11) is 2.06. The average molecular weight is 358 g/mol. The maximum absolute atomic E-state index is 12.8. The van der Waals surface area contributed by atoms with E-state index in [-0.39, 0.29) is 30.7 Å². The maximum Gasteiger partial charge on any atom is 0.261 e. The van der Waals surface area contributed by atoms with Crippen molar-refractivity contribution >= 4 is 36.4 Å². The van der Waals surface area contributed by atoms with Gasteiger partial charge in [-0.3, -0.25) is 4.79 Å². The Kier molecular flexibility index (Phi) is 7.09. The lowest BCUT2D eigenvalue weighted by atomic mass is 10.1. The molecule has 0 unspecified atom stereocenters. The highest BCUT2D eigenvalue weighted by Gasteiger charge is 2.24. The summed E-state index contributed by atoms with van der Waals surface area (Å²) in [5.74, 6) is 0.583. The zero-order valence-electron chi connectivity index (χ0n) is 12.9. The number of nitrogens with zero attached hydrogens (tertiary/aromatic N) is 2. The van der Waals surface area contributed by atoms with E-state index in [1.165, 1.54) is 6.26 Å². The van der Waals surface area contributed by atoms with Crippen LogP contribution in [0.15, 0.2) is 41.0 Å². The highest BCUT2D eigenvalue weighted by Crippen LogP contribution is 2.26. The van der Waals surface area contributed by atoms with Crippen molar-refractivity contribution in [3.05, 3.63) is 53.5 Å². The lowest BCUT2D eigenvalue weighted by Crippen LogP contribution is -2.34. The molecule has 1 amide bonds. The number of hydrogen-bond donors (Lipinski definition) is 1. The molecule has 0 radical (unpaired) electrons. The summed E-state index contributed by atoms with van der Waals surface area (Å²) in [6.07, 6.45) is 1.49. The molecule has 0 spiro atoms. The summed E-state index contributed by atoms with van der Waals surface area (Å²) in [5.41, 5.74) is 8.22. The number of likely N-dealkylation sites (N-methyl/N-ethyl adjacent to an activating group) is 1. The zero-order valence-corrected chi connectivity index (χ0v) is 14.5. The van der Waals surface area contributed by atoms with E-state index in [1.54, 1.807) is 6.07 Å². The number of carbonyl (C=O) groups is 1. The maximum atomic E-state index is 12.8. The Balaban J connectivity index is 0.00000132. The van der Waals surface area contributed by atoms with Gasteiger partial charge >= 0.3 is 0 Å². The van der Waals surface area contributed by atoms with Gasteiger partial charge in [-0.1, -0.05) is 18.2 Å². The van der Waals surface area contributed by atoms with E-state index in [0.29, 0.717) is 24.4 Å². The summed E-state index contributed by atoms with van der Waals surface area (Å²) < 4.78 is 5.28. The normalized spacial score (nSPS) is 14.3. The molecular weight excluding hydrogens is 337 g/mol.